The predicted molar refractivity (Wildman–Crippen MR) is 122 cm³/mol. The Morgan fingerprint density at radius 3 is 2.63 bits per heavy atom. The zero-order chi connectivity index (χ0) is 21.0. The van der Waals surface area contributed by atoms with Crippen molar-refractivity contribution < 1.29 is 9.53 Å². The fourth-order valence-electron chi connectivity index (χ4n) is 3.37. The summed E-state index contributed by atoms with van der Waals surface area (Å²) < 4.78 is 5.50. The molecule has 1 aliphatic heterocycles. The first-order valence-electron chi connectivity index (χ1n) is 10.4. The highest BCUT2D eigenvalue weighted by molar-refractivity contribution is 7.10. The molecule has 1 fully saturated rings. The average molecular weight is 430 g/mol. The van der Waals surface area contributed by atoms with Crippen LogP contribution in [0.4, 0.5) is 0 Å². The van der Waals surface area contributed by atoms with Crippen LogP contribution in [0.3, 0.4) is 0 Å². The molecule has 162 valence electrons. The largest absolute Gasteiger partial charge is 0.379 e. The maximum atomic E-state index is 12.1. The van der Waals surface area contributed by atoms with Crippen molar-refractivity contribution in [3.8, 4) is 0 Å². The van der Waals surface area contributed by atoms with Crippen molar-refractivity contribution in [1.82, 2.24) is 20.9 Å². The van der Waals surface area contributed by atoms with Crippen LogP contribution in [0.25, 0.3) is 0 Å². The fourth-order valence-corrected chi connectivity index (χ4v) is 4.23. The number of carbonyl (C=O) groups excluding carboxylic acids is 1. The van der Waals surface area contributed by atoms with Crippen LogP contribution in [-0.4, -0.2) is 63.2 Å². The Hall–Kier alpha value is -2.42. The summed E-state index contributed by atoms with van der Waals surface area (Å²) >= 11 is 1.77. The molecule has 0 radical (unpaired) electrons. The summed E-state index contributed by atoms with van der Waals surface area (Å²) in [4.78, 5) is 20.2. The van der Waals surface area contributed by atoms with Gasteiger partial charge < -0.3 is 20.7 Å². The first-order valence-corrected chi connectivity index (χ1v) is 11.2. The van der Waals surface area contributed by atoms with Gasteiger partial charge in [0.1, 0.15) is 0 Å². The Kier molecular flexibility index (Phi) is 9.14. The van der Waals surface area contributed by atoms with Crippen molar-refractivity contribution in [1.29, 1.82) is 0 Å². The Morgan fingerprint density at radius 1 is 1.13 bits per heavy atom. The van der Waals surface area contributed by atoms with E-state index in [1.54, 1.807) is 18.4 Å². The van der Waals surface area contributed by atoms with Crippen LogP contribution in [0.1, 0.15) is 22.9 Å². The minimum Gasteiger partial charge on any atom is -0.379 e. The van der Waals surface area contributed by atoms with E-state index in [1.807, 2.05) is 30.3 Å². The van der Waals surface area contributed by atoms with E-state index >= 15 is 0 Å². The quantitative estimate of drug-likeness (QED) is 0.420. The van der Waals surface area contributed by atoms with E-state index in [0.29, 0.717) is 25.5 Å². The van der Waals surface area contributed by atoms with Crippen LogP contribution in [0, 0.1) is 0 Å². The molecular formula is C22H31N5O2S. The summed E-state index contributed by atoms with van der Waals surface area (Å²) in [6.45, 7) is 5.23. The molecule has 30 heavy (non-hydrogen) atoms. The number of benzene rings is 1. The number of guanidine groups is 1. The first-order chi connectivity index (χ1) is 14.8. The van der Waals surface area contributed by atoms with Gasteiger partial charge in [0.2, 0.25) is 5.91 Å². The number of ether oxygens (including phenoxy) is 1. The van der Waals surface area contributed by atoms with Crippen molar-refractivity contribution in [2.24, 2.45) is 4.99 Å². The third-order valence-corrected chi connectivity index (χ3v) is 6.00. The van der Waals surface area contributed by atoms with Crippen LogP contribution < -0.4 is 16.0 Å². The molecule has 1 aliphatic rings. The molecule has 2 aromatic rings. The number of nitrogens with one attached hydrogen (secondary N) is 3. The lowest BCUT2D eigenvalue weighted by molar-refractivity contribution is -0.121. The number of carbonyl (C=O) groups is 1. The van der Waals surface area contributed by atoms with Crippen molar-refractivity contribution >= 4 is 23.2 Å². The molecule has 1 aromatic heterocycles. The van der Waals surface area contributed by atoms with Gasteiger partial charge in [-0.3, -0.25) is 14.7 Å². The van der Waals surface area contributed by atoms with Gasteiger partial charge in [-0.25, -0.2) is 0 Å². The number of rotatable bonds is 9. The number of morpholine rings is 1. The van der Waals surface area contributed by atoms with Crippen molar-refractivity contribution in [2.75, 3.05) is 46.4 Å². The smallest absolute Gasteiger partial charge is 0.222 e. The molecule has 0 spiro atoms. The molecule has 1 atom stereocenters. The summed E-state index contributed by atoms with van der Waals surface area (Å²) in [6.07, 6.45) is 0.394. The van der Waals surface area contributed by atoms with Gasteiger partial charge in [0.25, 0.3) is 0 Å². The third-order valence-electron chi connectivity index (χ3n) is 5.02. The minimum absolute atomic E-state index is 0.0200. The maximum absolute atomic E-state index is 12.1. The summed E-state index contributed by atoms with van der Waals surface area (Å²) in [5.41, 5.74) is 1.10. The normalized spacial score (nSPS) is 16.1. The molecule has 1 aromatic carbocycles. The van der Waals surface area contributed by atoms with Gasteiger partial charge in [0.15, 0.2) is 5.96 Å². The highest BCUT2D eigenvalue weighted by atomic mass is 32.1. The molecule has 8 heteroatoms. The summed E-state index contributed by atoms with van der Waals surface area (Å²) in [5.74, 6) is 0.729. The molecule has 3 N–H and O–H groups in total. The Morgan fingerprint density at radius 2 is 1.93 bits per heavy atom. The molecule has 0 bridgehead atoms. The lowest BCUT2D eigenvalue weighted by Gasteiger charge is -2.34. The van der Waals surface area contributed by atoms with Crippen LogP contribution in [0.2, 0.25) is 0 Å². The molecule has 7 nitrogen and oxygen atoms in total. The summed E-state index contributed by atoms with van der Waals surface area (Å²) in [6, 6.07) is 14.5. The number of hydrogen-bond donors (Lipinski definition) is 3. The van der Waals surface area contributed by atoms with E-state index in [4.69, 9.17) is 4.74 Å². The van der Waals surface area contributed by atoms with Gasteiger partial charge in [-0.2, -0.15) is 0 Å². The lowest BCUT2D eigenvalue weighted by atomic mass is 10.2. The van der Waals surface area contributed by atoms with Crippen LogP contribution in [-0.2, 0) is 16.1 Å². The molecular weight excluding hydrogens is 398 g/mol. The second kappa shape index (κ2) is 12.3. The van der Waals surface area contributed by atoms with E-state index in [-0.39, 0.29) is 11.9 Å². The minimum atomic E-state index is 0.0200. The third kappa shape index (κ3) is 7.12. The van der Waals surface area contributed by atoms with E-state index < -0.39 is 0 Å². The Labute approximate surface area is 182 Å². The maximum Gasteiger partial charge on any atom is 0.222 e. The number of thiophene rings is 1. The highest BCUT2D eigenvalue weighted by Gasteiger charge is 2.23. The molecule has 0 saturated carbocycles. The molecule has 1 saturated heterocycles. The van der Waals surface area contributed by atoms with Gasteiger partial charge >= 0.3 is 0 Å². The summed E-state index contributed by atoms with van der Waals surface area (Å²) in [5, 5.41) is 11.7. The van der Waals surface area contributed by atoms with Gasteiger partial charge in [0.05, 0.1) is 19.3 Å². The lowest BCUT2D eigenvalue weighted by Crippen LogP contribution is -2.46. The molecule has 1 amide bonds. The molecule has 2 heterocycles. The SMILES string of the molecule is CN=C(NCCC(=O)NCc1ccccc1)NCC(c1cccs1)N1CCOCC1. The van der Waals surface area contributed by atoms with Gasteiger partial charge in [-0.15, -0.1) is 11.3 Å². The number of aliphatic imine (C=N–C) groups is 1. The fraction of sp³-hybridized carbons (Fsp3) is 0.455. The van der Waals surface area contributed by atoms with Crippen molar-refractivity contribution in [2.45, 2.75) is 19.0 Å². The Bertz CT molecular complexity index is 776. The van der Waals surface area contributed by atoms with Crippen LogP contribution in [0.15, 0.2) is 52.8 Å². The standard InChI is InChI=1S/C22H31N5O2S/c1-23-22(24-10-9-21(28)25-16-18-6-3-2-4-7-18)26-17-19(20-8-5-15-30-20)27-11-13-29-14-12-27/h2-8,15,19H,9-14,16-17H2,1H3,(H,25,28)(H2,23,24,26). The van der Waals surface area contributed by atoms with Crippen LogP contribution in [0.5, 0.6) is 0 Å². The van der Waals surface area contributed by atoms with Crippen molar-refractivity contribution in [3.05, 3.63) is 58.3 Å². The van der Waals surface area contributed by atoms with Crippen LogP contribution >= 0.6 is 11.3 Å². The zero-order valence-corrected chi connectivity index (χ0v) is 18.3. The van der Waals surface area contributed by atoms with Gasteiger partial charge in [0, 0.05) is 51.1 Å². The predicted octanol–water partition coefficient (Wildman–Crippen LogP) is 1.99. The molecule has 3 rings (SSSR count). The second-order valence-corrected chi connectivity index (χ2v) is 8.05. The number of amides is 1. The van der Waals surface area contributed by atoms with Gasteiger partial charge in [-0.05, 0) is 17.0 Å². The average Bonchev–Trinajstić information content (AvgIpc) is 3.32. The van der Waals surface area contributed by atoms with E-state index in [9.17, 15) is 4.79 Å². The second-order valence-electron chi connectivity index (χ2n) is 7.07. The zero-order valence-electron chi connectivity index (χ0n) is 17.5. The first kappa shape index (κ1) is 22.3. The van der Waals surface area contributed by atoms with E-state index in [1.165, 1.54) is 4.88 Å². The Balaban J connectivity index is 1.41. The number of hydrogen-bond acceptors (Lipinski definition) is 5. The van der Waals surface area contributed by atoms with E-state index in [0.717, 1.165) is 38.4 Å². The van der Waals surface area contributed by atoms with Gasteiger partial charge in [-0.1, -0.05) is 36.4 Å². The van der Waals surface area contributed by atoms with Crippen molar-refractivity contribution in [3.63, 3.8) is 0 Å². The van der Waals surface area contributed by atoms with E-state index in [2.05, 4.69) is 43.4 Å². The number of nitrogens with zero attached hydrogens (tertiary/aromatic N) is 2. The summed E-state index contributed by atoms with van der Waals surface area (Å²) in [7, 11) is 1.75. The highest BCUT2D eigenvalue weighted by Crippen LogP contribution is 2.25. The topological polar surface area (TPSA) is 78.0 Å². The molecule has 0 aliphatic carbocycles. The monoisotopic (exact) mass is 429 g/mol. The molecule has 1 unspecified atom stereocenters.